The summed E-state index contributed by atoms with van der Waals surface area (Å²) in [6.45, 7) is 0. The minimum Gasteiger partial charge on any atom is -0.383 e. The smallest absolute Gasteiger partial charge is 0.142 e. The van der Waals surface area contributed by atoms with E-state index in [2.05, 4.69) is 4.98 Å². The quantitative estimate of drug-likeness (QED) is 0.871. The fourth-order valence-corrected chi connectivity index (χ4v) is 1.59. The highest BCUT2D eigenvalue weighted by atomic mass is 35.5. The molecule has 1 heterocycles. The van der Waals surface area contributed by atoms with Crippen molar-refractivity contribution in [2.75, 3.05) is 5.73 Å². The fourth-order valence-electron chi connectivity index (χ4n) is 1.47. The van der Waals surface area contributed by atoms with E-state index in [0.29, 0.717) is 12.2 Å². The van der Waals surface area contributed by atoms with E-state index in [1.165, 1.54) is 6.07 Å². The van der Waals surface area contributed by atoms with Crippen LogP contribution in [0.1, 0.15) is 11.1 Å². The average Bonchev–Trinajstić information content (AvgIpc) is 2.27. The Balaban J connectivity index is 2.28. The van der Waals surface area contributed by atoms with Crippen LogP contribution in [-0.4, -0.2) is 4.98 Å². The van der Waals surface area contributed by atoms with E-state index in [-0.39, 0.29) is 5.02 Å². The first kappa shape index (κ1) is 10.9. The normalized spacial score (nSPS) is 10.4. The van der Waals surface area contributed by atoms with Crippen LogP contribution in [0.3, 0.4) is 0 Å². The summed E-state index contributed by atoms with van der Waals surface area (Å²) in [6.07, 6.45) is 2.18. The Hall–Kier alpha value is -1.61. The van der Waals surface area contributed by atoms with Crippen LogP contribution >= 0.6 is 11.6 Å². The molecule has 0 saturated carbocycles. The maximum Gasteiger partial charge on any atom is 0.142 e. The van der Waals surface area contributed by atoms with Crippen molar-refractivity contribution in [2.24, 2.45) is 0 Å². The first-order chi connectivity index (χ1) is 7.66. The van der Waals surface area contributed by atoms with Crippen LogP contribution in [0.2, 0.25) is 5.02 Å². The van der Waals surface area contributed by atoms with Gasteiger partial charge in [-0.05, 0) is 29.3 Å². The average molecular weight is 237 g/mol. The number of pyridine rings is 1. The first-order valence-electron chi connectivity index (χ1n) is 4.80. The predicted octanol–water partition coefficient (Wildman–Crippen LogP) is 3.05. The summed E-state index contributed by atoms with van der Waals surface area (Å²) in [7, 11) is 0. The molecule has 0 aliphatic rings. The maximum absolute atomic E-state index is 13.2. The second kappa shape index (κ2) is 4.49. The molecule has 0 spiro atoms. The zero-order chi connectivity index (χ0) is 11.5. The highest BCUT2D eigenvalue weighted by Crippen LogP contribution is 2.19. The third-order valence-electron chi connectivity index (χ3n) is 2.30. The third kappa shape index (κ3) is 2.31. The van der Waals surface area contributed by atoms with Crippen molar-refractivity contribution in [3.63, 3.8) is 0 Å². The molecule has 0 fully saturated rings. The fraction of sp³-hybridized carbons (Fsp3) is 0.0833. The Morgan fingerprint density at radius 2 is 2.12 bits per heavy atom. The van der Waals surface area contributed by atoms with Crippen molar-refractivity contribution in [3.05, 3.63) is 58.5 Å². The van der Waals surface area contributed by atoms with E-state index in [0.717, 1.165) is 11.1 Å². The molecule has 0 aliphatic carbocycles. The number of aromatic nitrogens is 1. The SMILES string of the molecule is Nc1ncccc1Cc1ccc(Cl)c(F)c1. The topological polar surface area (TPSA) is 38.9 Å². The summed E-state index contributed by atoms with van der Waals surface area (Å²) < 4.78 is 13.2. The maximum atomic E-state index is 13.2. The van der Waals surface area contributed by atoms with Gasteiger partial charge in [-0.25, -0.2) is 9.37 Å². The Kier molecular flexibility index (Phi) is 3.06. The summed E-state index contributed by atoms with van der Waals surface area (Å²) >= 11 is 5.60. The number of nitrogens with two attached hydrogens (primary N) is 1. The van der Waals surface area contributed by atoms with Crippen LogP contribution in [0, 0.1) is 5.82 Å². The third-order valence-corrected chi connectivity index (χ3v) is 2.61. The number of rotatable bonds is 2. The monoisotopic (exact) mass is 236 g/mol. The minimum atomic E-state index is -0.415. The number of nitrogens with zero attached hydrogens (tertiary/aromatic N) is 1. The van der Waals surface area contributed by atoms with Crippen molar-refractivity contribution >= 4 is 17.4 Å². The van der Waals surface area contributed by atoms with E-state index >= 15 is 0 Å². The molecule has 0 unspecified atom stereocenters. The van der Waals surface area contributed by atoms with Gasteiger partial charge < -0.3 is 5.73 Å². The van der Waals surface area contributed by atoms with Crippen LogP contribution in [0.15, 0.2) is 36.5 Å². The van der Waals surface area contributed by atoms with Gasteiger partial charge in [-0.15, -0.1) is 0 Å². The van der Waals surface area contributed by atoms with Crippen LogP contribution in [-0.2, 0) is 6.42 Å². The molecule has 1 aromatic carbocycles. The summed E-state index contributed by atoms with van der Waals surface area (Å²) in [4.78, 5) is 3.97. The van der Waals surface area contributed by atoms with Crippen LogP contribution in [0.25, 0.3) is 0 Å². The molecule has 82 valence electrons. The Bertz CT molecular complexity index is 514. The summed E-state index contributed by atoms with van der Waals surface area (Å²) in [5.41, 5.74) is 7.41. The Morgan fingerprint density at radius 1 is 1.31 bits per heavy atom. The lowest BCUT2D eigenvalue weighted by molar-refractivity contribution is 0.626. The van der Waals surface area contributed by atoms with Crippen molar-refractivity contribution in [1.29, 1.82) is 0 Å². The van der Waals surface area contributed by atoms with Gasteiger partial charge in [-0.2, -0.15) is 0 Å². The molecule has 0 amide bonds. The van der Waals surface area contributed by atoms with Gasteiger partial charge in [0.1, 0.15) is 11.6 Å². The molecule has 2 N–H and O–H groups in total. The first-order valence-corrected chi connectivity index (χ1v) is 5.18. The van der Waals surface area contributed by atoms with Crippen molar-refractivity contribution < 1.29 is 4.39 Å². The van der Waals surface area contributed by atoms with Gasteiger partial charge in [0, 0.05) is 12.6 Å². The lowest BCUT2D eigenvalue weighted by Crippen LogP contribution is -1.98. The van der Waals surface area contributed by atoms with E-state index in [9.17, 15) is 4.39 Å². The molecule has 16 heavy (non-hydrogen) atoms. The van der Waals surface area contributed by atoms with Gasteiger partial charge in [0.15, 0.2) is 0 Å². The molecule has 2 aromatic rings. The number of benzene rings is 1. The van der Waals surface area contributed by atoms with Crippen LogP contribution in [0.5, 0.6) is 0 Å². The van der Waals surface area contributed by atoms with E-state index in [1.54, 1.807) is 24.4 Å². The van der Waals surface area contributed by atoms with Crippen molar-refractivity contribution in [3.8, 4) is 0 Å². The molecule has 1 aromatic heterocycles. The van der Waals surface area contributed by atoms with Crippen molar-refractivity contribution in [1.82, 2.24) is 4.98 Å². The minimum absolute atomic E-state index is 0.128. The summed E-state index contributed by atoms with van der Waals surface area (Å²) in [5.74, 6) is 0.0551. The molecular weight excluding hydrogens is 227 g/mol. The molecule has 0 atom stereocenters. The van der Waals surface area contributed by atoms with Gasteiger partial charge in [0.25, 0.3) is 0 Å². The Labute approximate surface area is 97.9 Å². The molecule has 0 aliphatic heterocycles. The molecule has 4 heteroatoms. The van der Waals surface area contributed by atoms with Gasteiger partial charge in [0.2, 0.25) is 0 Å². The van der Waals surface area contributed by atoms with Crippen LogP contribution < -0.4 is 5.73 Å². The van der Waals surface area contributed by atoms with Gasteiger partial charge >= 0.3 is 0 Å². The summed E-state index contributed by atoms with van der Waals surface area (Å²) in [5, 5.41) is 0.128. The van der Waals surface area contributed by atoms with Gasteiger partial charge in [-0.1, -0.05) is 23.7 Å². The molecule has 2 rings (SSSR count). The van der Waals surface area contributed by atoms with E-state index in [1.807, 2.05) is 6.07 Å². The zero-order valence-electron chi connectivity index (χ0n) is 8.45. The standard InChI is InChI=1S/C12H10ClFN2/c13-10-4-3-8(7-11(10)14)6-9-2-1-5-16-12(9)15/h1-5,7H,6H2,(H2,15,16). The molecule has 0 radical (unpaired) electrons. The second-order valence-corrected chi connectivity index (χ2v) is 3.88. The molecule has 0 bridgehead atoms. The second-order valence-electron chi connectivity index (χ2n) is 3.47. The van der Waals surface area contributed by atoms with Gasteiger partial charge in [-0.3, -0.25) is 0 Å². The van der Waals surface area contributed by atoms with E-state index in [4.69, 9.17) is 17.3 Å². The highest BCUT2D eigenvalue weighted by Gasteiger charge is 2.04. The van der Waals surface area contributed by atoms with E-state index < -0.39 is 5.82 Å². The molecule has 0 saturated heterocycles. The lowest BCUT2D eigenvalue weighted by atomic mass is 10.1. The van der Waals surface area contributed by atoms with Gasteiger partial charge in [0.05, 0.1) is 5.02 Å². The number of anilines is 1. The Morgan fingerprint density at radius 3 is 2.81 bits per heavy atom. The summed E-state index contributed by atoms with van der Waals surface area (Å²) in [6, 6.07) is 8.40. The number of halogens is 2. The predicted molar refractivity (Wildman–Crippen MR) is 62.9 cm³/mol. The zero-order valence-corrected chi connectivity index (χ0v) is 9.21. The molecular formula is C12H10ClFN2. The largest absolute Gasteiger partial charge is 0.383 e. The molecule has 2 nitrogen and oxygen atoms in total. The highest BCUT2D eigenvalue weighted by molar-refractivity contribution is 6.30. The lowest BCUT2D eigenvalue weighted by Gasteiger charge is -2.05. The van der Waals surface area contributed by atoms with Crippen LogP contribution in [0.4, 0.5) is 10.2 Å². The number of hydrogen-bond donors (Lipinski definition) is 1. The van der Waals surface area contributed by atoms with Crippen molar-refractivity contribution in [2.45, 2.75) is 6.42 Å². The number of hydrogen-bond acceptors (Lipinski definition) is 2. The number of nitrogen functional groups attached to an aromatic ring is 1.